The van der Waals surface area contributed by atoms with Gasteiger partial charge in [0.15, 0.2) is 0 Å². The summed E-state index contributed by atoms with van der Waals surface area (Å²) in [6.07, 6.45) is 3.41. The van der Waals surface area contributed by atoms with Gasteiger partial charge in [-0.2, -0.15) is 12.7 Å². The Kier molecular flexibility index (Phi) is 3.32. The number of hydrogen-bond acceptors (Lipinski definition) is 4. The molecule has 94 valence electrons. The highest BCUT2D eigenvalue weighted by molar-refractivity contribution is 7.83. The number of nitrogens with zero attached hydrogens (tertiary/aromatic N) is 3. The van der Waals surface area contributed by atoms with Gasteiger partial charge in [-0.1, -0.05) is 0 Å². The van der Waals surface area contributed by atoms with E-state index in [0.717, 1.165) is 9.99 Å². The predicted octanol–water partition coefficient (Wildman–Crippen LogP) is 0.395. The lowest BCUT2D eigenvalue weighted by atomic mass is 10.2. The van der Waals surface area contributed by atoms with Crippen LogP contribution in [0, 0.1) is 0 Å². The molecule has 6 nitrogen and oxygen atoms in total. The first-order valence-electron chi connectivity index (χ1n) is 5.37. The summed E-state index contributed by atoms with van der Waals surface area (Å²) >= 11 is 0. The third kappa shape index (κ3) is 2.74. The summed E-state index contributed by atoms with van der Waals surface area (Å²) in [6, 6.07) is 3.53. The fourth-order valence-corrected chi connectivity index (χ4v) is 2.91. The number of anilines is 1. The first kappa shape index (κ1) is 12.3. The minimum atomic E-state index is -4.09. The summed E-state index contributed by atoms with van der Waals surface area (Å²) in [5.74, 6) is 0. The Balaban J connectivity index is 2.10. The van der Waals surface area contributed by atoms with Crippen LogP contribution in [-0.4, -0.2) is 47.9 Å². The van der Waals surface area contributed by atoms with E-state index < -0.39 is 10.3 Å². The molecule has 0 bridgehead atoms. The van der Waals surface area contributed by atoms with E-state index in [1.807, 2.05) is 12.1 Å². The summed E-state index contributed by atoms with van der Waals surface area (Å²) in [7, 11) is -4.09. The summed E-state index contributed by atoms with van der Waals surface area (Å²) in [4.78, 5) is 6.02. The van der Waals surface area contributed by atoms with Crippen LogP contribution in [0.15, 0.2) is 24.5 Å². The van der Waals surface area contributed by atoms with E-state index in [-0.39, 0.29) is 6.04 Å². The fraction of sp³-hybridized carbons (Fsp3) is 0.500. The van der Waals surface area contributed by atoms with E-state index in [1.165, 1.54) is 0 Å². The molecule has 1 aliphatic rings. The minimum absolute atomic E-state index is 0.244. The van der Waals surface area contributed by atoms with Crippen molar-refractivity contribution < 1.29 is 13.0 Å². The Morgan fingerprint density at radius 1 is 1.35 bits per heavy atom. The lowest BCUT2D eigenvalue weighted by Crippen LogP contribution is -2.53. The van der Waals surface area contributed by atoms with Crippen LogP contribution in [0.2, 0.25) is 0 Å². The smallest absolute Gasteiger partial charge is 0.336 e. The minimum Gasteiger partial charge on any atom is -0.369 e. The molecule has 1 fully saturated rings. The van der Waals surface area contributed by atoms with Crippen molar-refractivity contribution in [2.45, 2.75) is 13.0 Å². The lowest BCUT2D eigenvalue weighted by Gasteiger charge is -2.38. The van der Waals surface area contributed by atoms with Crippen molar-refractivity contribution in [2.24, 2.45) is 0 Å². The Hall–Kier alpha value is -1.18. The van der Waals surface area contributed by atoms with Gasteiger partial charge in [-0.05, 0) is 19.1 Å². The topological polar surface area (TPSA) is 73.7 Å². The molecule has 1 saturated heterocycles. The van der Waals surface area contributed by atoms with Crippen LogP contribution in [0.3, 0.4) is 0 Å². The number of hydrogen-bond donors (Lipinski definition) is 1. The van der Waals surface area contributed by atoms with Gasteiger partial charge in [0.2, 0.25) is 0 Å². The van der Waals surface area contributed by atoms with Gasteiger partial charge >= 0.3 is 10.3 Å². The zero-order chi connectivity index (χ0) is 12.5. The zero-order valence-electron chi connectivity index (χ0n) is 9.52. The molecule has 0 saturated carbocycles. The average Bonchev–Trinajstić information content (AvgIpc) is 2.28. The number of piperazine rings is 1. The molecule has 1 aromatic heterocycles. The summed E-state index contributed by atoms with van der Waals surface area (Å²) in [6.45, 7) is 3.20. The van der Waals surface area contributed by atoms with Crippen LogP contribution in [0.5, 0.6) is 0 Å². The second kappa shape index (κ2) is 4.59. The maximum absolute atomic E-state index is 11.1. The molecule has 2 heterocycles. The Morgan fingerprint density at radius 3 is 2.53 bits per heavy atom. The van der Waals surface area contributed by atoms with E-state index in [9.17, 15) is 8.42 Å². The molecule has 7 heteroatoms. The third-order valence-electron chi connectivity index (χ3n) is 2.89. The highest BCUT2D eigenvalue weighted by Crippen LogP contribution is 2.19. The summed E-state index contributed by atoms with van der Waals surface area (Å²) in [5, 5.41) is 0. The number of aromatic nitrogens is 1. The Bertz CT molecular complexity index is 477. The molecule has 0 radical (unpaired) electrons. The second-order valence-electron chi connectivity index (χ2n) is 4.09. The zero-order valence-corrected chi connectivity index (χ0v) is 10.3. The van der Waals surface area contributed by atoms with Crippen molar-refractivity contribution in [1.29, 1.82) is 0 Å². The highest BCUT2D eigenvalue weighted by Gasteiger charge is 2.31. The fourth-order valence-electron chi connectivity index (χ4n) is 2.07. The maximum Gasteiger partial charge on any atom is 0.336 e. The van der Waals surface area contributed by atoms with Gasteiger partial charge in [0.25, 0.3) is 0 Å². The molecule has 2 rings (SSSR count). The molecule has 0 aromatic carbocycles. The van der Waals surface area contributed by atoms with Crippen molar-refractivity contribution in [1.82, 2.24) is 9.29 Å². The van der Waals surface area contributed by atoms with E-state index in [0.29, 0.717) is 19.6 Å². The van der Waals surface area contributed by atoms with Gasteiger partial charge in [-0.25, -0.2) is 0 Å². The molecule has 0 amide bonds. The summed E-state index contributed by atoms with van der Waals surface area (Å²) in [5.41, 5.74) is 1.02. The van der Waals surface area contributed by atoms with Crippen LogP contribution < -0.4 is 4.90 Å². The molecule has 1 atom stereocenters. The number of rotatable bonds is 2. The molecule has 1 aliphatic heterocycles. The van der Waals surface area contributed by atoms with Gasteiger partial charge in [-0.15, -0.1) is 0 Å². The lowest BCUT2D eigenvalue weighted by molar-refractivity contribution is 0.275. The normalized spacial score (nSPS) is 22.7. The molecular weight excluding hydrogens is 242 g/mol. The van der Waals surface area contributed by atoms with Crippen LogP contribution in [-0.2, 0) is 10.3 Å². The summed E-state index contributed by atoms with van der Waals surface area (Å²) < 4.78 is 32.3. The predicted molar refractivity (Wildman–Crippen MR) is 64.2 cm³/mol. The first-order chi connectivity index (χ1) is 7.98. The largest absolute Gasteiger partial charge is 0.369 e. The van der Waals surface area contributed by atoms with E-state index >= 15 is 0 Å². The van der Waals surface area contributed by atoms with Crippen molar-refractivity contribution >= 4 is 16.0 Å². The van der Waals surface area contributed by atoms with Crippen LogP contribution in [0.1, 0.15) is 6.92 Å². The monoisotopic (exact) mass is 257 g/mol. The maximum atomic E-state index is 11.1. The van der Waals surface area contributed by atoms with Gasteiger partial charge < -0.3 is 4.90 Å². The molecule has 17 heavy (non-hydrogen) atoms. The van der Waals surface area contributed by atoms with Gasteiger partial charge in [0, 0.05) is 43.8 Å². The van der Waals surface area contributed by atoms with Gasteiger partial charge in [0.05, 0.1) is 0 Å². The van der Waals surface area contributed by atoms with Gasteiger partial charge in [0.1, 0.15) is 0 Å². The van der Waals surface area contributed by atoms with Crippen molar-refractivity contribution in [3.8, 4) is 0 Å². The average molecular weight is 257 g/mol. The van der Waals surface area contributed by atoms with Crippen molar-refractivity contribution in [3.63, 3.8) is 0 Å². The number of pyridine rings is 1. The third-order valence-corrected chi connectivity index (χ3v) is 4.03. The quantitative estimate of drug-likeness (QED) is 0.776. The molecule has 1 N–H and O–H groups in total. The first-order valence-corrected chi connectivity index (χ1v) is 6.77. The standard InChI is InChI=1S/C10H15N3O3S/c1-9-8-12(10-2-4-11-5-3-10)6-7-13(9)17(14,15)16/h2-5,9H,6-8H2,1H3,(H,14,15,16). The van der Waals surface area contributed by atoms with Crippen molar-refractivity contribution in [2.75, 3.05) is 24.5 Å². The molecule has 1 aromatic rings. The SMILES string of the molecule is CC1CN(c2ccncc2)CCN1S(=O)(=O)O. The molecular formula is C10H15N3O3S. The molecule has 1 unspecified atom stereocenters. The molecule has 0 spiro atoms. The second-order valence-corrected chi connectivity index (χ2v) is 5.45. The van der Waals surface area contributed by atoms with E-state index in [4.69, 9.17) is 4.55 Å². The Labute approximate surface area is 101 Å². The van der Waals surface area contributed by atoms with Gasteiger partial charge in [-0.3, -0.25) is 9.54 Å². The van der Waals surface area contributed by atoms with Crippen LogP contribution in [0.4, 0.5) is 5.69 Å². The van der Waals surface area contributed by atoms with E-state index in [2.05, 4.69) is 9.88 Å². The highest BCUT2D eigenvalue weighted by atomic mass is 32.2. The van der Waals surface area contributed by atoms with Crippen molar-refractivity contribution in [3.05, 3.63) is 24.5 Å². The Morgan fingerprint density at radius 2 is 2.00 bits per heavy atom. The van der Waals surface area contributed by atoms with Crippen LogP contribution >= 0.6 is 0 Å². The van der Waals surface area contributed by atoms with E-state index in [1.54, 1.807) is 19.3 Å². The molecule has 0 aliphatic carbocycles. The van der Waals surface area contributed by atoms with Crippen LogP contribution in [0.25, 0.3) is 0 Å².